The maximum atomic E-state index is 5.96. The van der Waals surface area contributed by atoms with Crippen LogP contribution in [0.15, 0.2) is 194 Å². The Hall–Kier alpha value is -9.12. The minimum absolute atomic E-state index is 0.764. The van der Waals surface area contributed by atoms with Crippen molar-refractivity contribution in [3.8, 4) is 46.0 Å². The smallest absolute Gasteiger partial charge is 0.131 e. The Bertz CT molecular complexity index is 4030. The first-order valence-corrected chi connectivity index (χ1v) is 29.2. The largest absolute Gasteiger partial charge is 0.457 e. The van der Waals surface area contributed by atoms with Crippen LogP contribution in [-0.4, -0.2) is 0 Å². The highest BCUT2D eigenvalue weighted by atomic mass is 16.5. The highest BCUT2D eigenvalue weighted by molar-refractivity contribution is 6.10. The number of hydrogen-bond acceptors (Lipinski definition) is 4. The molecule has 0 aromatic heterocycles. The van der Waals surface area contributed by atoms with Gasteiger partial charge in [-0.25, -0.2) is 0 Å². The number of rotatable bonds is 8. The van der Waals surface area contributed by atoms with Crippen molar-refractivity contribution < 1.29 is 18.9 Å². The summed E-state index contributed by atoms with van der Waals surface area (Å²) in [4.78, 5) is 0. The van der Waals surface area contributed by atoms with Crippen molar-refractivity contribution >= 4 is 43.1 Å². The maximum absolute atomic E-state index is 5.96. The fourth-order valence-corrected chi connectivity index (χ4v) is 10.1. The van der Waals surface area contributed by atoms with Crippen LogP contribution < -0.4 is 18.9 Å². The van der Waals surface area contributed by atoms with Gasteiger partial charge >= 0.3 is 0 Å². The zero-order valence-electron chi connectivity index (χ0n) is 52.1. The molecule has 0 amide bonds. The molecule has 0 saturated carbocycles. The highest BCUT2D eigenvalue weighted by Gasteiger charge is 2.10. The van der Waals surface area contributed by atoms with Gasteiger partial charge in [0.05, 0.1) is 0 Å². The Morgan fingerprint density at radius 3 is 0.679 bits per heavy atom. The van der Waals surface area contributed by atoms with Crippen LogP contribution in [0, 0.1) is 111 Å². The lowest BCUT2D eigenvalue weighted by Gasteiger charge is -2.11. The molecule has 0 aliphatic heterocycles. The van der Waals surface area contributed by atoms with Gasteiger partial charge in [0.1, 0.15) is 46.0 Å². The van der Waals surface area contributed by atoms with Crippen LogP contribution in [0.25, 0.3) is 43.1 Å². The van der Waals surface area contributed by atoms with E-state index in [4.69, 9.17) is 18.9 Å². The molecule has 424 valence electrons. The number of ether oxygens (including phenoxy) is 4. The molecule has 0 aliphatic carbocycles. The average Bonchev–Trinajstić information content (AvgIpc) is 1.34. The molecule has 0 heterocycles. The zero-order valence-corrected chi connectivity index (χ0v) is 52.1. The van der Waals surface area contributed by atoms with Gasteiger partial charge in [0.15, 0.2) is 0 Å². The average molecular weight is 1110 g/mol. The van der Waals surface area contributed by atoms with Crippen LogP contribution in [0.3, 0.4) is 0 Å². The molecule has 0 N–H and O–H groups in total. The Morgan fingerprint density at radius 2 is 0.393 bits per heavy atom. The lowest BCUT2D eigenvalue weighted by molar-refractivity contribution is 0.460. The quantitative estimate of drug-likeness (QED) is 0.112. The molecule has 0 saturated heterocycles. The molecule has 12 aromatic carbocycles. The first-order valence-electron chi connectivity index (χ1n) is 29.2. The molecule has 0 bridgehead atoms. The molecule has 0 unspecified atom stereocenters. The minimum atomic E-state index is 0.764. The summed E-state index contributed by atoms with van der Waals surface area (Å²) in [5.41, 5.74) is 20.9. The maximum Gasteiger partial charge on any atom is 0.131 e. The summed E-state index contributed by atoms with van der Waals surface area (Å²) in [5, 5.41) is 10.9. The van der Waals surface area contributed by atoms with Crippen molar-refractivity contribution in [2.75, 3.05) is 0 Å². The predicted octanol–water partition coefficient (Wildman–Crippen LogP) is 23.5. The monoisotopic (exact) mass is 1100 g/mol. The Morgan fingerprint density at radius 1 is 0.167 bits per heavy atom. The summed E-state index contributed by atoms with van der Waals surface area (Å²) in [5.74, 6) is 6.49. The molecule has 0 fully saturated rings. The summed E-state index contributed by atoms with van der Waals surface area (Å²) >= 11 is 0. The fraction of sp³-hybridized carbons (Fsp3) is 0.200. The van der Waals surface area contributed by atoms with Gasteiger partial charge in [-0.1, -0.05) is 91.0 Å². The first-order chi connectivity index (χ1) is 40.2. The van der Waals surface area contributed by atoms with Crippen molar-refractivity contribution in [1.29, 1.82) is 0 Å². The van der Waals surface area contributed by atoms with Gasteiger partial charge in [-0.05, 0) is 340 Å². The van der Waals surface area contributed by atoms with Crippen molar-refractivity contribution in [3.05, 3.63) is 283 Å². The third-order valence-corrected chi connectivity index (χ3v) is 16.8. The predicted molar refractivity (Wildman–Crippen MR) is 358 cm³/mol. The summed E-state index contributed by atoms with van der Waals surface area (Å²) in [6.07, 6.45) is 0. The van der Waals surface area contributed by atoms with Crippen molar-refractivity contribution in [2.45, 2.75) is 111 Å². The van der Waals surface area contributed by atoms with Crippen LogP contribution in [0.1, 0.15) is 89.0 Å². The van der Waals surface area contributed by atoms with Crippen molar-refractivity contribution in [3.63, 3.8) is 0 Å². The van der Waals surface area contributed by atoms with Crippen LogP contribution in [0.5, 0.6) is 46.0 Å². The first kappa shape index (κ1) is 59.5. The number of benzene rings is 12. The topological polar surface area (TPSA) is 36.9 Å². The normalized spacial score (nSPS) is 10.9. The van der Waals surface area contributed by atoms with E-state index in [1.165, 1.54) is 132 Å². The van der Waals surface area contributed by atoms with Gasteiger partial charge < -0.3 is 18.9 Å². The van der Waals surface area contributed by atoms with Crippen molar-refractivity contribution in [1.82, 2.24) is 0 Å². The molecule has 12 rings (SSSR count). The highest BCUT2D eigenvalue weighted by Crippen LogP contribution is 2.34. The molecular weight excluding hydrogens is 1020 g/mol. The lowest BCUT2D eigenvalue weighted by atomic mass is 9.93. The van der Waals surface area contributed by atoms with E-state index < -0.39 is 0 Å². The number of hydrogen-bond donors (Lipinski definition) is 0. The second kappa shape index (κ2) is 26.0. The van der Waals surface area contributed by atoms with Gasteiger partial charge in [-0.15, -0.1) is 0 Å². The SMILES string of the molecule is Cc1cc2cc3cc(C)c(C)cc3cc2cc1C.Cc1ccc(Oc2ccc(Oc3ccc(C)c(C)c3)cc2)cc1C.Cc1ccc(Oc2cccc(Oc3ccc(C)c(C)c3)c2)cc1C.Cc1ccc2c(ccc3c(C)c(C)ccc32)c1C. The Labute approximate surface area is 499 Å². The van der Waals surface area contributed by atoms with E-state index in [1.807, 2.05) is 84.9 Å². The minimum Gasteiger partial charge on any atom is -0.457 e. The van der Waals surface area contributed by atoms with Gasteiger partial charge in [0.2, 0.25) is 0 Å². The molecule has 84 heavy (non-hydrogen) atoms. The third kappa shape index (κ3) is 14.4. The second-order valence-electron chi connectivity index (χ2n) is 23.0. The summed E-state index contributed by atoms with van der Waals surface area (Å²) in [6, 6.07) is 67.1. The summed E-state index contributed by atoms with van der Waals surface area (Å²) in [7, 11) is 0. The molecular formula is C80H80O4. The second-order valence-corrected chi connectivity index (χ2v) is 23.0. The van der Waals surface area contributed by atoms with E-state index in [9.17, 15) is 0 Å². The van der Waals surface area contributed by atoms with E-state index >= 15 is 0 Å². The summed E-state index contributed by atoms with van der Waals surface area (Å²) in [6.45, 7) is 34.2. The summed E-state index contributed by atoms with van der Waals surface area (Å²) < 4.78 is 23.7. The number of fused-ring (bicyclic) bond motifs is 5. The third-order valence-electron chi connectivity index (χ3n) is 16.8. The van der Waals surface area contributed by atoms with Gasteiger partial charge in [0, 0.05) is 6.07 Å². The lowest BCUT2D eigenvalue weighted by Crippen LogP contribution is -1.89. The fourth-order valence-electron chi connectivity index (χ4n) is 10.1. The van der Waals surface area contributed by atoms with Crippen LogP contribution >= 0.6 is 0 Å². The molecule has 4 nitrogen and oxygen atoms in total. The molecule has 0 spiro atoms. The van der Waals surface area contributed by atoms with Crippen LogP contribution in [0.2, 0.25) is 0 Å². The van der Waals surface area contributed by atoms with Gasteiger partial charge in [-0.2, -0.15) is 0 Å². The van der Waals surface area contributed by atoms with Gasteiger partial charge in [0.25, 0.3) is 0 Å². The van der Waals surface area contributed by atoms with Gasteiger partial charge in [-0.3, -0.25) is 0 Å². The standard InChI is InChI=1S/2C22H22O2.2C18H18/c1-15-5-7-21(13-17(15)3)23-19-9-11-20(12-10-19)24-22-8-6-16(2)18(4)14-22;1-15-8-10-21(12-17(15)3)23-19-6-5-7-20(14-19)24-22-11-9-16(2)18(4)13-22;1-11-5-15-9-17-7-13(3)14(4)8-18(17)10-16(15)6-12(11)2;1-11-5-7-17-15(13(11)3)9-10-16-14(4)12(2)6-8-18(16)17/h2*5-14H,1-4H3;2*5-10H,1-4H3. The van der Waals surface area contributed by atoms with Crippen LogP contribution in [0.4, 0.5) is 0 Å². The molecule has 0 radical (unpaired) electrons. The van der Waals surface area contributed by atoms with E-state index in [0.29, 0.717) is 0 Å². The number of aryl methyl sites for hydroxylation is 16. The molecule has 0 aliphatic rings. The Balaban J connectivity index is 0.000000135. The van der Waals surface area contributed by atoms with E-state index in [1.54, 1.807) is 0 Å². The zero-order chi connectivity index (χ0) is 59.9. The molecule has 12 aromatic rings. The Kier molecular flexibility index (Phi) is 18.4. The molecule has 0 atom stereocenters. The van der Waals surface area contributed by atoms with E-state index in [2.05, 4.69) is 220 Å². The van der Waals surface area contributed by atoms with E-state index in [0.717, 1.165) is 46.0 Å². The van der Waals surface area contributed by atoms with Crippen LogP contribution in [-0.2, 0) is 0 Å². The molecule has 4 heteroatoms. The van der Waals surface area contributed by atoms with Crippen molar-refractivity contribution in [2.24, 2.45) is 0 Å². The van der Waals surface area contributed by atoms with E-state index in [-0.39, 0.29) is 0 Å².